The van der Waals surface area contributed by atoms with Crippen molar-refractivity contribution in [2.45, 2.75) is 84.7 Å². The van der Waals surface area contributed by atoms with E-state index in [2.05, 4.69) is 54.6 Å². The second-order valence-electron chi connectivity index (χ2n) is 17.5. The van der Waals surface area contributed by atoms with Gasteiger partial charge in [-0.3, -0.25) is 39.1 Å². The summed E-state index contributed by atoms with van der Waals surface area (Å²) in [7, 11) is 0. The minimum atomic E-state index is -1.13. The van der Waals surface area contributed by atoms with E-state index in [9.17, 15) is 24.0 Å². The fourth-order valence-corrected chi connectivity index (χ4v) is 10.2. The van der Waals surface area contributed by atoms with Crippen LogP contribution in [0.4, 0.5) is 15.8 Å². The third-order valence-corrected chi connectivity index (χ3v) is 12.9. The van der Waals surface area contributed by atoms with Crippen molar-refractivity contribution in [3.63, 3.8) is 0 Å². The van der Waals surface area contributed by atoms with E-state index >= 15 is 4.39 Å². The highest BCUT2D eigenvalue weighted by atomic mass is 35.5. The first-order chi connectivity index (χ1) is 27.8. The van der Waals surface area contributed by atoms with Gasteiger partial charge < -0.3 is 14.5 Å². The van der Waals surface area contributed by atoms with Gasteiger partial charge in [0.05, 0.1) is 51.8 Å². The summed E-state index contributed by atoms with van der Waals surface area (Å²) in [6.45, 7) is 21.9. The molecule has 0 spiro atoms. The van der Waals surface area contributed by atoms with Crippen molar-refractivity contribution in [3.8, 4) is 17.6 Å². The number of ether oxygens (including phenoxy) is 1. The minimum Gasteiger partial charge on any atom is -0.489 e. The Kier molecular flexibility index (Phi) is 9.60. The summed E-state index contributed by atoms with van der Waals surface area (Å²) >= 11 is 6.29. The topological polar surface area (TPSA) is 137 Å². The van der Waals surface area contributed by atoms with Crippen molar-refractivity contribution in [2.75, 3.05) is 31.1 Å². The zero-order valence-corrected chi connectivity index (χ0v) is 34.4. The molecule has 59 heavy (non-hydrogen) atoms. The summed E-state index contributed by atoms with van der Waals surface area (Å²) in [6, 6.07) is 9.78. The van der Waals surface area contributed by atoms with E-state index < -0.39 is 51.9 Å². The summed E-state index contributed by atoms with van der Waals surface area (Å²) in [5.74, 6) is 3.81. The van der Waals surface area contributed by atoms with Gasteiger partial charge in [-0.05, 0) is 62.6 Å². The zero-order valence-electron chi connectivity index (χ0n) is 33.6. The van der Waals surface area contributed by atoms with Crippen LogP contribution in [-0.4, -0.2) is 99.1 Å². The number of halogens is 2. The minimum absolute atomic E-state index is 0.00549. The van der Waals surface area contributed by atoms with Gasteiger partial charge in [-0.1, -0.05) is 51.3 Å². The first kappa shape index (κ1) is 40.0. The van der Waals surface area contributed by atoms with Crippen LogP contribution < -0.4 is 15.0 Å². The quantitative estimate of drug-likeness (QED) is 0.191. The predicted molar refractivity (Wildman–Crippen MR) is 215 cm³/mol. The Morgan fingerprint density at radius 1 is 0.932 bits per heavy atom. The van der Waals surface area contributed by atoms with E-state index in [-0.39, 0.29) is 47.7 Å². The number of aromatic nitrogens is 1. The monoisotopic (exact) mass is 819 g/mol. The SMILES string of the molecule is [C-]#[N+]c1ccc(OC2C(C)(C)C(N3Cc4nc(C#CC(C)(C)N5CCN(c6cc7c(cc6F)C(=O)N(C6CCC(=O)NC6=O)C7=O)CC5)ccc4C3=O)C2(C)C)cc1Cl. The molecule has 4 aliphatic heterocycles. The zero-order chi connectivity index (χ0) is 42.3. The van der Waals surface area contributed by atoms with Gasteiger partial charge in [0.25, 0.3) is 17.7 Å². The molecule has 3 aromatic rings. The molecule has 1 N–H and O–H groups in total. The normalized spacial score (nSPS) is 23.5. The lowest BCUT2D eigenvalue weighted by molar-refractivity contribution is -0.199. The molecule has 5 heterocycles. The molecule has 2 aromatic carbocycles. The lowest BCUT2D eigenvalue weighted by atomic mass is 9.49. The standard InChI is InChI=1S/C44H43ClFN7O6/c1-42(2,51-18-16-50(17-19-51)34-22-28-27(21-30(34)46)38(57)53(39(28)58)33-12-13-35(54)49-36(33)55)15-14-24-8-10-26-32(48-24)23-52(37(26)56)40-43(3,4)41(44(40,5)6)59-25-9-11-31(47-7)29(45)20-25/h8-11,20-22,33,40-41H,12-13,16-19,23H2,1-6H3,(H,49,54,55). The number of benzene rings is 2. The summed E-state index contributed by atoms with van der Waals surface area (Å²) in [5, 5.41) is 2.50. The molecule has 5 aliphatic rings. The van der Waals surface area contributed by atoms with E-state index in [1.807, 2.05) is 23.6 Å². The lowest BCUT2D eigenvalue weighted by Gasteiger charge is -2.65. The number of amides is 5. The van der Waals surface area contributed by atoms with Crippen LogP contribution in [0.5, 0.6) is 5.75 Å². The molecule has 1 unspecified atom stereocenters. The third-order valence-electron chi connectivity index (χ3n) is 12.6. The summed E-state index contributed by atoms with van der Waals surface area (Å²) < 4.78 is 22.0. The molecule has 1 saturated carbocycles. The van der Waals surface area contributed by atoms with Crippen molar-refractivity contribution < 1.29 is 33.1 Å². The van der Waals surface area contributed by atoms with Gasteiger partial charge in [0.2, 0.25) is 17.5 Å². The Hall–Kier alpha value is -5.83. The van der Waals surface area contributed by atoms with Crippen LogP contribution >= 0.6 is 11.6 Å². The van der Waals surface area contributed by atoms with Crippen LogP contribution in [0.15, 0.2) is 42.5 Å². The molecule has 0 bridgehead atoms. The van der Waals surface area contributed by atoms with Crippen LogP contribution in [0.1, 0.15) is 96.8 Å². The number of anilines is 1. The van der Waals surface area contributed by atoms with Crippen LogP contribution in [0, 0.1) is 35.1 Å². The predicted octanol–water partition coefficient (Wildman–Crippen LogP) is 5.62. The van der Waals surface area contributed by atoms with E-state index in [0.717, 1.165) is 11.0 Å². The maximum absolute atomic E-state index is 15.6. The molecule has 2 saturated heterocycles. The number of carbonyl (C=O) groups excluding carboxylic acids is 5. The number of nitrogens with zero attached hydrogens (tertiary/aromatic N) is 6. The van der Waals surface area contributed by atoms with Gasteiger partial charge in [-0.2, -0.15) is 0 Å². The Morgan fingerprint density at radius 3 is 2.25 bits per heavy atom. The molecular weight excluding hydrogens is 777 g/mol. The fraction of sp³-hybridized carbons (Fsp3) is 0.432. The first-order valence-corrected chi connectivity index (χ1v) is 19.9. The number of carbonyl (C=O) groups is 5. The molecule has 3 fully saturated rings. The van der Waals surface area contributed by atoms with Crippen LogP contribution in [0.2, 0.25) is 5.02 Å². The van der Waals surface area contributed by atoms with Gasteiger partial charge >= 0.3 is 0 Å². The fourth-order valence-electron chi connectivity index (χ4n) is 10.0. The van der Waals surface area contributed by atoms with E-state index in [1.54, 1.807) is 30.3 Å². The number of hydrogen-bond acceptors (Lipinski definition) is 9. The second kappa shape index (κ2) is 14.2. The molecule has 304 valence electrons. The Balaban J connectivity index is 0.914. The van der Waals surface area contributed by atoms with E-state index in [1.165, 1.54) is 6.07 Å². The smallest absolute Gasteiger partial charge is 0.262 e. The number of imide groups is 2. The van der Waals surface area contributed by atoms with Crippen molar-refractivity contribution in [3.05, 3.63) is 92.8 Å². The van der Waals surface area contributed by atoms with Gasteiger partial charge in [0.1, 0.15) is 29.4 Å². The number of rotatable bonds is 6. The molecule has 1 aromatic heterocycles. The molecule has 1 aliphatic carbocycles. The molecule has 13 nitrogen and oxygen atoms in total. The number of hydrogen-bond donors (Lipinski definition) is 1. The van der Waals surface area contributed by atoms with Gasteiger partial charge in [-0.25, -0.2) is 14.2 Å². The average Bonchev–Trinajstić information content (AvgIpc) is 3.62. The molecule has 0 radical (unpaired) electrons. The average molecular weight is 820 g/mol. The summed E-state index contributed by atoms with van der Waals surface area (Å²) in [5.41, 5.74) is 0.830. The van der Waals surface area contributed by atoms with Crippen molar-refractivity contribution in [2.24, 2.45) is 10.8 Å². The van der Waals surface area contributed by atoms with Crippen molar-refractivity contribution in [1.29, 1.82) is 0 Å². The van der Waals surface area contributed by atoms with Crippen molar-refractivity contribution >= 4 is 52.5 Å². The van der Waals surface area contributed by atoms with Gasteiger partial charge in [-0.15, -0.1) is 0 Å². The van der Waals surface area contributed by atoms with Crippen LogP contribution in [-0.2, 0) is 16.1 Å². The highest BCUT2D eigenvalue weighted by molar-refractivity contribution is 6.33. The van der Waals surface area contributed by atoms with Gasteiger partial charge in [0, 0.05) is 49.5 Å². The second-order valence-corrected chi connectivity index (χ2v) is 17.9. The Bertz CT molecular complexity index is 2460. The molecule has 8 rings (SSSR count). The molecule has 1 atom stereocenters. The Morgan fingerprint density at radius 2 is 1.61 bits per heavy atom. The number of piperidine rings is 1. The van der Waals surface area contributed by atoms with Crippen molar-refractivity contribution in [1.82, 2.24) is 25.0 Å². The molecule has 15 heteroatoms. The van der Waals surface area contributed by atoms with Crippen LogP contribution in [0.3, 0.4) is 0 Å². The maximum Gasteiger partial charge on any atom is 0.262 e. The van der Waals surface area contributed by atoms with E-state index in [0.29, 0.717) is 66.1 Å². The largest absolute Gasteiger partial charge is 0.489 e. The Labute approximate surface area is 346 Å². The summed E-state index contributed by atoms with van der Waals surface area (Å²) in [4.78, 5) is 79.4. The maximum atomic E-state index is 15.6. The number of fused-ring (bicyclic) bond motifs is 2. The van der Waals surface area contributed by atoms with E-state index in [4.69, 9.17) is 27.9 Å². The number of piperazine rings is 1. The summed E-state index contributed by atoms with van der Waals surface area (Å²) in [6.07, 6.45) is -0.221. The third kappa shape index (κ3) is 6.59. The highest BCUT2D eigenvalue weighted by Crippen LogP contribution is 2.59. The molecule has 5 amide bonds. The lowest BCUT2D eigenvalue weighted by Crippen LogP contribution is -2.74. The molecular formula is C44H43ClFN7O6. The highest BCUT2D eigenvalue weighted by Gasteiger charge is 2.67. The van der Waals surface area contributed by atoms with Crippen LogP contribution in [0.25, 0.3) is 4.85 Å². The van der Waals surface area contributed by atoms with Gasteiger partial charge in [0.15, 0.2) is 0 Å². The first-order valence-electron chi connectivity index (χ1n) is 19.6. The number of nitrogens with one attached hydrogen (secondary N) is 1. The number of pyridine rings is 1.